The van der Waals surface area contributed by atoms with Gasteiger partial charge in [0.05, 0.1) is 34.4 Å². The molecule has 0 saturated carbocycles. The summed E-state index contributed by atoms with van der Waals surface area (Å²) in [6.45, 7) is 4.82. The third kappa shape index (κ3) is 66.4. The van der Waals surface area contributed by atoms with Crippen LogP contribution in [0.15, 0.2) is 60.8 Å². The van der Waals surface area contributed by atoms with Crippen molar-refractivity contribution in [3.05, 3.63) is 60.8 Å². The predicted molar refractivity (Wildman–Crippen MR) is 355 cm³/mol. The monoisotopic (exact) mass is 1170 g/mol. The molecule has 0 aromatic carbocycles. The molecule has 2 atom stereocenters. The number of carboxylic acids is 1. The molecule has 0 aromatic rings. The van der Waals surface area contributed by atoms with Gasteiger partial charge in [0.25, 0.3) is 6.29 Å². The first-order valence-electron chi connectivity index (χ1n) is 35.5. The molecule has 0 bridgehead atoms. The quantitative estimate of drug-likeness (QED) is 0.0211. The van der Waals surface area contributed by atoms with Crippen LogP contribution in [0.5, 0.6) is 0 Å². The number of nitrogens with zero attached hydrogens (tertiary/aromatic N) is 1. The fraction of sp³-hybridized carbons (Fsp3) is 0.824. The third-order valence-corrected chi connectivity index (χ3v) is 15.8. The number of aliphatic carboxylic acids is 1. The van der Waals surface area contributed by atoms with E-state index in [1.165, 1.54) is 238 Å². The topological polar surface area (TPSA) is 108 Å². The largest absolute Gasteiger partial charge is 0.477 e. The van der Waals surface area contributed by atoms with E-state index >= 15 is 0 Å². The number of unbranched alkanes of at least 4 members (excludes halogenated alkanes) is 41. The average molecular weight is 1170 g/mol. The number of allylic oxidation sites excluding steroid dienone is 10. The molecule has 9 nitrogen and oxygen atoms in total. The van der Waals surface area contributed by atoms with Crippen LogP contribution in [0, 0.1) is 0 Å². The van der Waals surface area contributed by atoms with Gasteiger partial charge in [0.2, 0.25) is 0 Å². The summed E-state index contributed by atoms with van der Waals surface area (Å²) in [5, 5.41) is 9.74. The highest BCUT2D eigenvalue weighted by atomic mass is 16.7. The van der Waals surface area contributed by atoms with Crippen LogP contribution in [0.1, 0.15) is 335 Å². The Bertz CT molecular complexity index is 1550. The molecule has 83 heavy (non-hydrogen) atoms. The van der Waals surface area contributed by atoms with Gasteiger partial charge in [0, 0.05) is 12.8 Å². The Labute approximate surface area is 514 Å². The van der Waals surface area contributed by atoms with E-state index in [9.17, 15) is 19.5 Å². The molecular weight excluding hydrogens is 1030 g/mol. The molecule has 0 amide bonds. The first-order valence-corrected chi connectivity index (χ1v) is 35.5. The molecule has 9 heteroatoms. The number of carbonyl (C=O) groups excluding carboxylic acids is 2. The molecular formula is C74H136NO8+. The van der Waals surface area contributed by atoms with Crippen LogP contribution in [-0.2, 0) is 33.3 Å². The first-order chi connectivity index (χ1) is 40.6. The highest BCUT2D eigenvalue weighted by Crippen LogP contribution is 2.19. The maximum atomic E-state index is 12.9. The minimum Gasteiger partial charge on any atom is -0.477 e. The number of esters is 2. The first kappa shape index (κ1) is 80.0. The highest BCUT2D eigenvalue weighted by Gasteiger charge is 2.25. The Balaban J connectivity index is 4.02. The molecule has 0 spiro atoms. The Kier molecular flexibility index (Phi) is 62.6. The van der Waals surface area contributed by atoms with E-state index in [1.807, 2.05) is 21.1 Å². The second-order valence-electron chi connectivity index (χ2n) is 25.2. The van der Waals surface area contributed by atoms with Crippen molar-refractivity contribution in [2.45, 2.75) is 347 Å². The van der Waals surface area contributed by atoms with Gasteiger partial charge in [-0.3, -0.25) is 9.59 Å². The number of carboxylic acid groups (broad SMARTS) is 1. The molecule has 0 radical (unpaired) electrons. The molecule has 0 saturated heterocycles. The van der Waals surface area contributed by atoms with Gasteiger partial charge in [-0.25, -0.2) is 4.79 Å². The summed E-state index contributed by atoms with van der Waals surface area (Å²) in [5.74, 6) is -1.98. The van der Waals surface area contributed by atoms with E-state index in [0.29, 0.717) is 17.4 Å². The van der Waals surface area contributed by atoms with Gasteiger partial charge < -0.3 is 28.5 Å². The lowest BCUT2D eigenvalue weighted by Gasteiger charge is -2.25. The lowest BCUT2D eigenvalue weighted by atomic mass is 10.0. The molecule has 484 valence electrons. The molecule has 1 N–H and O–H groups in total. The summed E-state index contributed by atoms with van der Waals surface area (Å²) in [5.41, 5.74) is 0. The van der Waals surface area contributed by atoms with Crippen molar-refractivity contribution >= 4 is 17.9 Å². The molecule has 0 aliphatic heterocycles. The molecule has 0 aliphatic carbocycles. The van der Waals surface area contributed by atoms with Crippen LogP contribution >= 0.6 is 0 Å². The predicted octanol–water partition coefficient (Wildman–Crippen LogP) is 21.9. The van der Waals surface area contributed by atoms with Gasteiger partial charge in [-0.05, 0) is 57.8 Å². The number of carbonyl (C=O) groups is 3. The Hall–Kier alpha value is -3.01. The minimum atomic E-state index is -1.51. The van der Waals surface area contributed by atoms with Crippen LogP contribution < -0.4 is 0 Å². The van der Waals surface area contributed by atoms with Crippen molar-refractivity contribution in [3.63, 3.8) is 0 Å². The average Bonchev–Trinajstić information content (AvgIpc) is 3.46. The lowest BCUT2D eigenvalue weighted by molar-refractivity contribution is -0.870. The van der Waals surface area contributed by atoms with E-state index in [0.717, 1.165) is 70.6 Å². The molecule has 0 heterocycles. The fourth-order valence-electron chi connectivity index (χ4n) is 10.4. The highest BCUT2D eigenvalue weighted by molar-refractivity contribution is 5.71. The van der Waals surface area contributed by atoms with E-state index in [2.05, 4.69) is 74.6 Å². The van der Waals surface area contributed by atoms with Crippen molar-refractivity contribution in [3.8, 4) is 0 Å². The molecule has 0 fully saturated rings. The smallest absolute Gasteiger partial charge is 0.361 e. The molecule has 0 rings (SSSR count). The third-order valence-electron chi connectivity index (χ3n) is 15.8. The van der Waals surface area contributed by atoms with E-state index < -0.39 is 18.4 Å². The Morgan fingerprint density at radius 1 is 0.373 bits per heavy atom. The number of quaternary nitrogens is 1. The fourth-order valence-corrected chi connectivity index (χ4v) is 10.4. The molecule has 0 aliphatic rings. The summed E-state index contributed by atoms with van der Waals surface area (Å²) in [6, 6.07) is 0. The van der Waals surface area contributed by atoms with E-state index in [-0.39, 0.29) is 38.2 Å². The van der Waals surface area contributed by atoms with Crippen molar-refractivity contribution < 1.29 is 42.9 Å². The van der Waals surface area contributed by atoms with Crippen molar-refractivity contribution in [2.75, 3.05) is 47.5 Å². The summed E-state index contributed by atoms with van der Waals surface area (Å²) in [6.07, 6.45) is 82.0. The maximum Gasteiger partial charge on any atom is 0.361 e. The number of rotatable bonds is 66. The van der Waals surface area contributed by atoms with Crippen molar-refractivity contribution in [1.82, 2.24) is 0 Å². The van der Waals surface area contributed by atoms with Crippen LogP contribution in [0.3, 0.4) is 0 Å². The number of ether oxygens (including phenoxy) is 4. The number of likely N-dealkylation sites (N-methyl/N-ethyl adjacent to an activating group) is 1. The molecule has 2 unspecified atom stereocenters. The van der Waals surface area contributed by atoms with Gasteiger partial charge in [-0.15, -0.1) is 0 Å². The second-order valence-corrected chi connectivity index (χ2v) is 25.2. The van der Waals surface area contributed by atoms with Gasteiger partial charge >= 0.3 is 17.9 Å². The Morgan fingerprint density at radius 3 is 1.02 bits per heavy atom. The second kappa shape index (κ2) is 65.0. The van der Waals surface area contributed by atoms with Crippen molar-refractivity contribution in [2.24, 2.45) is 0 Å². The summed E-state index contributed by atoms with van der Waals surface area (Å²) >= 11 is 0. The minimum absolute atomic E-state index is 0.176. The summed E-state index contributed by atoms with van der Waals surface area (Å²) in [4.78, 5) is 37.6. The lowest BCUT2D eigenvalue weighted by Crippen LogP contribution is -2.40. The summed E-state index contributed by atoms with van der Waals surface area (Å²) in [7, 11) is 5.99. The van der Waals surface area contributed by atoms with Crippen molar-refractivity contribution in [1.29, 1.82) is 0 Å². The van der Waals surface area contributed by atoms with E-state index in [4.69, 9.17) is 18.9 Å². The zero-order chi connectivity index (χ0) is 60.5. The zero-order valence-electron chi connectivity index (χ0n) is 55.4. The van der Waals surface area contributed by atoms with Crippen LogP contribution in [0.2, 0.25) is 0 Å². The number of hydrogen-bond donors (Lipinski definition) is 1. The van der Waals surface area contributed by atoms with E-state index in [1.54, 1.807) is 0 Å². The van der Waals surface area contributed by atoms with Gasteiger partial charge in [0.15, 0.2) is 6.10 Å². The number of hydrogen-bond acceptors (Lipinski definition) is 7. The normalized spacial score (nSPS) is 13.0. The SMILES string of the molecule is CC/C=C\C/C=C\C/C=C\C/C=C\C/C=C\CCCCCCCCCCCCCCCCCCCCCCCC(=O)OC(COC(=O)CCCCCCCCCCCCCCCCCCCCCCC)COC(OCC[N+](C)(C)C)C(=O)O. The van der Waals surface area contributed by atoms with Crippen LogP contribution in [0.4, 0.5) is 0 Å². The van der Waals surface area contributed by atoms with Crippen LogP contribution in [-0.4, -0.2) is 87.4 Å². The molecule has 0 aromatic heterocycles. The van der Waals surface area contributed by atoms with Gasteiger partial charge in [-0.1, -0.05) is 325 Å². The maximum absolute atomic E-state index is 12.9. The Morgan fingerprint density at radius 2 is 0.687 bits per heavy atom. The van der Waals surface area contributed by atoms with Gasteiger partial charge in [-0.2, -0.15) is 0 Å². The summed E-state index contributed by atoms with van der Waals surface area (Å²) < 4.78 is 23.0. The van der Waals surface area contributed by atoms with Crippen LogP contribution in [0.25, 0.3) is 0 Å². The van der Waals surface area contributed by atoms with Gasteiger partial charge in [0.1, 0.15) is 13.2 Å². The zero-order valence-corrected chi connectivity index (χ0v) is 55.4. The standard InChI is InChI=1S/C74H135NO8/c1-6-8-10-12-14-16-18-20-22-24-26-28-29-30-31-32-33-34-35-36-37-38-39-40-41-42-43-45-47-49-51-53-55-57-59-61-63-65-72(77)83-70(69-82-74(73(78)79)80-67-66-75(3,4)5)68-81-71(76)64-62-60-58-56-54-52-50-48-46-44-27-25-23-21-19-17-15-13-11-9-7-2/h8,10,14,16,20,22,26,28,30-31,70,74H,6-7,9,11-13,15,17-19,21,23-25,27,29,32-69H2,1-5H3/p+1/b10-8-,16-14-,22-20-,28-26-,31-30-.